The number of nitrogens with zero attached hydrogens (tertiary/aromatic N) is 3. The molecular formula is C14H21N3O3. The third kappa shape index (κ3) is 2.25. The van der Waals surface area contributed by atoms with Crippen molar-refractivity contribution >= 4 is 0 Å². The fourth-order valence-electron chi connectivity index (χ4n) is 3.12. The molecule has 0 bridgehead atoms. The van der Waals surface area contributed by atoms with Crippen molar-refractivity contribution in [3.8, 4) is 0 Å². The first-order valence-corrected chi connectivity index (χ1v) is 7.61. The van der Waals surface area contributed by atoms with E-state index in [0.717, 1.165) is 50.9 Å². The maximum atomic E-state index is 5.76. The molecule has 1 spiro atoms. The van der Waals surface area contributed by atoms with Crippen molar-refractivity contribution in [3.63, 3.8) is 0 Å². The van der Waals surface area contributed by atoms with Gasteiger partial charge in [0.1, 0.15) is 0 Å². The van der Waals surface area contributed by atoms with Crippen molar-refractivity contribution in [2.75, 3.05) is 26.3 Å². The summed E-state index contributed by atoms with van der Waals surface area (Å²) in [7, 11) is 0. The summed E-state index contributed by atoms with van der Waals surface area (Å²) in [6.07, 6.45) is 4.24. The van der Waals surface area contributed by atoms with E-state index < -0.39 is 0 Å². The van der Waals surface area contributed by atoms with Gasteiger partial charge in [-0.2, -0.15) is 4.98 Å². The first kappa shape index (κ1) is 12.7. The van der Waals surface area contributed by atoms with Gasteiger partial charge in [0.2, 0.25) is 5.89 Å². The molecule has 1 atom stereocenters. The van der Waals surface area contributed by atoms with Crippen molar-refractivity contribution in [2.45, 2.75) is 50.4 Å². The molecule has 0 N–H and O–H groups in total. The molecule has 1 aromatic heterocycles. The van der Waals surface area contributed by atoms with Crippen LogP contribution in [0.1, 0.15) is 56.3 Å². The normalized spacial score (nSPS) is 28.1. The van der Waals surface area contributed by atoms with Crippen molar-refractivity contribution in [1.82, 2.24) is 15.0 Å². The summed E-state index contributed by atoms with van der Waals surface area (Å²) in [6, 6.07) is 0.175. The second-order valence-corrected chi connectivity index (χ2v) is 6.08. The molecule has 1 unspecified atom stereocenters. The van der Waals surface area contributed by atoms with E-state index in [0.29, 0.717) is 5.92 Å². The molecule has 1 aliphatic carbocycles. The Morgan fingerprint density at radius 1 is 1.20 bits per heavy atom. The summed E-state index contributed by atoms with van der Waals surface area (Å²) in [4.78, 5) is 6.93. The van der Waals surface area contributed by atoms with Gasteiger partial charge in [0, 0.05) is 31.8 Å². The molecule has 3 aliphatic rings. The summed E-state index contributed by atoms with van der Waals surface area (Å²) < 4.78 is 17.0. The summed E-state index contributed by atoms with van der Waals surface area (Å²) >= 11 is 0. The predicted octanol–water partition coefficient (Wildman–Crippen LogP) is 1.85. The van der Waals surface area contributed by atoms with Crippen molar-refractivity contribution < 1.29 is 14.0 Å². The van der Waals surface area contributed by atoms with Crippen molar-refractivity contribution in [2.24, 2.45) is 0 Å². The van der Waals surface area contributed by atoms with Crippen LogP contribution in [-0.2, 0) is 9.47 Å². The van der Waals surface area contributed by atoms with Crippen LogP contribution in [0.25, 0.3) is 0 Å². The molecule has 0 amide bonds. The minimum Gasteiger partial charge on any atom is -0.347 e. The van der Waals surface area contributed by atoms with E-state index in [9.17, 15) is 0 Å². The zero-order chi connectivity index (χ0) is 13.6. The Labute approximate surface area is 118 Å². The fraction of sp³-hybridized carbons (Fsp3) is 0.857. The molecule has 3 heterocycles. The SMILES string of the molecule is CC(c1nc(C2CC2)no1)N1CCC2(CC1)OCCO2. The van der Waals surface area contributed by atoms with Crippen LogP contribution in [0.2, 0.25) is 0 Å². The van der Waals surface area contributed by atoms with Gasteiger partial charge in [-0.3, -0.25) is 4.90 Å². The van der Waals surface area contributed by atoms with Crippen LogP contribution in [0.3, 0.4) is 0 Å². The van der Waals surface area contributed by atoms with E-state index in [1.54, 1.807) is 0 Å². The maximum absolute atomic E-state index is 5.76. The zero-order valence-electron chi connectivity index (χ0n) is 11.9. The Bertz CT molecular complexity index is 470. The molecule has 20 heavy (non-hydrogen) atoms. The lowest BCUT2D eigenvalue weighted by atomic mass is 10.0. The van der Waals surface area contributed by atoms with Gasteiger partial charge < -0.3 is 14.0 Å². The van der Waals surface area contributed by atoms with E-state index >= 15 is 0 Å². The Kier molecular flexibility index (Phi) is 3.05. The molecule has 6 heteroatoms. The van der Waals surface area contributed by atoms with Gasteiger partial charge in [0.15, 0.2) is 11.6 Å². The summed E-state index contributed by atoms with van der Waals surface area (Å²) in [5.41, 5.74) is 0. The standard InChI is InChI=1S/C14H21N3O3/c1-10(13-15-12(16-20-13)11-2-3-11)17-6-4-14(5-7-17)18-8-9-19-14/h10-11H,2-9H2,1H3. The van der Waals surface area contributed by atoms with Gasteiger partial charge in [-0.05, 0) is 19.8 Å². The molecule has 4 rings (SSSR count). The number of aromatic nitrogens is 2. The molecule has 0 aromatic carbocycles. The van der Waals surface area contributed by atoms with Gasteiger partial charge in [0.05, 0.1) is 19.3 Å². The minimum atomic E-state index is -0.315. The number of rotatable bonds is 3. The van der Waals surface area contributed by atoms with Crippen LogP contribution in [0.15, 0.2) is 4.52 Å². The molecule has 110 valence electrons. The first-order chi connectivity index (χ1) is 9.76. The van der Waals surface area contributed by atoms with Crippen molar-refractivity contribution in [1.29, 1.82) is 0 Å². The van der Waals surface area contributed by atoms with Crippen molar-refractivity contribution in [3.05, 3.63) is 11.7 Å². The molecule has 1 saturated carbocycles. The number of piperidine rings is 1. The lowest BCUT2D eigenvalue weighted by molar-refractivity contribution is -0.188. The minimum absolute atomic E-state index is 0.175. The zero-order valence-corrected chi connectivity index (χ0v) is 11.9. The van der Waals surface area contributed by atoms with E-state index in [4.69, 9.17) is 14.0 Å². The lowest BCUT2D eigenvalue weighted by Crippen LogP contribution is -2.45. The van der Waals surface area contributed by atoms with Crippen LogP contribution in [0, 0.1) is 0 Å². The molecule has 3 fully saturated rings. The van der Waals surface area contributed by atoms with Gasteiger partial charge >= 0.3 is 0 Å². The van der Waals surface area contributed by atoms with E-state index in [2.05, 4.69) is 22.0 Å². The smallest absolute Gasteiger partial charge is 0.243 e. The first-order valence-electron chi connectivity index (χ1n) is 7.61. The van der Waals surface area contributed by atoms with Crippen LogP contribution < -0.4 is 0 Å². The lowest BCUT2D eigenvalue weighted by Gasteiger charge is -2.39. The Balaban J connectivity index is 1.39. The van der Waals surface area contributed by atoms with Crippen LogP contribution >= 0.6 is 0 Å². The van der Waals surface area contributed by atoms with Gasteiger partial charge in [0.25, 0.3) is 0 Å². The van der Waals surface area contributed by atoms with Gasteiger partial charge in [-0.1, -0.05) is 5.16 Å². The van der Waals surface area contributed by atoms with Gasteiger partial charge in [-0.15, -0.1) is 0 Å². The number of hydrogen-bond donors (Lipinski definition) is 0. The Hall–Kier alpha value is -0.980. The van der Waals surface area contributed by atoms with Crippen LogP contribution in [-0.4, -0.2) is 47.1 Å². The molecular weight excluding hydrogens is 258 g/mol. The number of ether oxygens (including phenoxy) is 2. The highest BCUT2D eigenvalue weighted by Crippen LogP contribution is 2.39. The van der Waals surface area contributed by atoms with Crippen LogP contribution in [0.4, 0.5) is 0 Å². The molecule has 2 saturated heterocycles. The highest BCUT2D eigenvalue weighted by atomic mass is 16.7. The largest absolute Gasteiger partial charge is 0.347 e. The molecule has 2 aliphatic heterocycles. The van der Waals surface area contributed by atoms with E-state index in [1.165, 1.54) is 12.8 Å². The number of hydrogen-bond acceptors (Lipinski definition) is 6. The summed E-state index contributed by atoms with van der Waals surface area (Å²) in [5.74, 6) is 1.87. The highest BCUT2D eigenvalue weighted by Gasteiger charge is 2.41. The van der Waals surface area contributed by atoms with E-state index in [1.807, 2.05) is 0 Å². The highest BCUT2D eigenvalue weighted by molar-refractivity contribution is 5.05. The van der Waals surface area contributed by atoms with Gasteiger partial charge in [-0.25, -0.2) is 0 Å². The third-order valence-corrected chi connectivity index (χ3v) is 4.68. The molecule has 1 aromatic rings. The predicted molar refractivity (Wildman–Crippen MR) is 70.1 cm³/mol. The van der Waals surface area contributed by atoms with Crippen LogP contribution in [0.5, 0.6) is 0 Å². The quantitative estimate of drug-likeness (QED) is 0.841. The molecule has 6 nitrogen and oxygen atoms in total. The summed E-state index contributed by atoms with van der Waals surface area (Å²) in [6.45, 7) is 5.48. The second kappa shape index (κ2) is 4.79. The average molecular weight is 279 g/mol. The number of likely N-dealkylation sites (tertiary alicyclic amines) is 1. The Morgan fingerprint density at radius 3 is 2.55 bits per heavy atom. The monoisotopic (exact) mass is 279 g/mol. The molecule has 0 radical (unpaired) electrons. The average Bonchev–Trinajstić information content (AvgIpc) is 3.04. The second-order valence-electron chi connectivity index (χ2n) is 6.08. The third-order valence-electron chi connectivity index (χ3n) is 4.68. The topological polar surface area (TPSA) is 60.6 Å². The maximum Gasteiger partial charge on any atom is 0.243 e. The Morgan fingerprint density at radius 2 is 1.90 bits per heavy atom. The fourth-order valence-corrected chi connectivity index (χ4v) is 3.12. The van der Waals surface area contributed by atoms with E-state index in [-0.39, 0.29) is 11.8 Å². The summed E-state index contributed by atoms with van der Waals surface area (Å²) in [5, 5.41) is 4.10.